The van der Waals surface area contributed by atoms with E-state index in [1.165, 1.54) is 62.3 Å². The van der Waals surface area contributed by atoms with Gasteiger partial charge in [0.1, 0.15) is 5.82 Å². The highest BCUT2D eigenvalue weighted by Gasteiger charge is 2.19. The third-order valence-electron chi connectivity index (χ3n) is 3.95. The lowest BCUT2D eigenvalue weighted by atomic mass is 10.2. The number of rotatable bonds is 5. The molecule has 0 aromatic carbocycles. The van der Waals surface area contributed by atoms with Crippen molar-refractivity contribution in [1.82, 2.24) is 15.1 Å². The monoisotopic (exact) mass is 264 g/mol. The van der Waals surface area contributed by atoms with Gasteiger partial charge in [-0.05, 0) is 32.7 Å². The number of nitrogens with zero attached hydrogens (tertiary/aromatic N) is 3. The standard InChI is InChI=1S/C15H28N4/c1-4-9-16-12-14-13(2)17-18(3)15(14)19-10-7-5-6-8-11-19/h16H,4-12H2,1-3H3. The maximum absolute atomic E-state index is 4.63. The van der Waals surface area contributed by atoms with Gasteiger partial charge >= 0.3 is 0 Å². The third kappa shape index (κ3) is 3.50. The molecule has 0 radical (unpaired) electrons. The molecule has 0 saturated carbocycles. The lowest BCUT2D eigenvalue weighted by Crippen LogP contribution is -2.28. The van der Waals surface area contributed by atoms with Crippen molar-refractivity contribution in [3.63, 3.8) is 0 Å². The fraction of sp³-hybridized carbons (Fsp3) is 0.800. The Balaban J connectivity index is 2.16. The van der Waals surface area contributed by atoms with Gasteiger partial charge in [-0.3, -0.25) is 4.68 Å². The molecule has 1 aromatic heterocycles. The highest BCUT2D eigenvalue weighted by Crippen LogP contribution is 2.25. The minimum absolute atomic E-state index is 0.944. The predicted molar refractivity (Wildman–Crippen MR) is 80.6 cm³/mol. The molecule has 1 aliphatic heterocycles. The SMILES string of the molecule is CCCNCc1c(C)nn(C)c1N1CCCCCC1. The first kappa shape index (κ1) is 14.4. The van der Waals surface area contributed by atoms with Gasteiger partial charge in [0.2, 0.25) is 0 Å². The molecule has 0 aliphatic carbocycles. The van der Waals surface area contributed by atoms with E-state index in [4.69, 9.17) is 0 Å². The Labute approximate surface area is 117 Å². The Kier molecular flexibility index (Phi) is 5.25. The van der Waals surface area contributed by atoms with Gasteiger partial charge in [0.25, 0.3) is 0 Å². The van der Waals surface area contributed by atoms with Crippen molar-refractivity contribution >= 4 is 5.82 Å². The van der Waals surface area contributed by atoms with Crippen LogP contribution in [0.25, 0.3) is 0 Å². The first-order valence-corrected chi connectivity index (χ1v) is 7.72. The predicted octanol–water partition coefficient (Wildman–Crippen LogP) is 2.61. The van der Waals surface area contributed by atoms with Gasteiger partial charge in [0, 0.05) is 32.2 Å². The molecule has 0 atom stereocenters. The lowest BCUT2D eigenvalue weighted by Gasteiger charge is -2.24. The molecule has 0 spiro atoms. The van der Waals surface area contributed by atoms with Gasteiger partial charge < -0.3 is 10.2 Å². The van der Waals surface area contributed by atoms with Crippen LogP contribution in [0.5, 0.6) is 0 Å². The van der Waals surface area contributed by atoms with Crippen LogP contribution in [0.15, 0.2) is 0 Å². The van der Waals surface area contributed by atoms with Crippen LogP contribution in [0.3, 0.4) is 0 Å². The zero-order valence-corrected chi connectivity index (χ0v) is 12.7. The van der Waals surface area contributed by atoms with Crippen LogP contribution in [-0.2, 0) is 13.6 Å². The molecule has 4 nitrogen and oxygen atoms in total. The molecule has 0 amide bonds. The Morgan fingerprint density at radius 3 is 2.47 bits per heavy atom. The van der Waals surface area contributed by atoms with E-state index in [0.717, 1.165) is 13.1 Å². The first-order valence-electron chi connectivity index (χ1n) is 7.72. The Bertz CT molecular complexity index is 389. The summed E-state index contributed by atoms with van der Waals surface area (Å²) in [4.78, 5) is 2.54. The molecule has 4 heteroatoms. The molecule has 1 saturated heterocycles. The van der Waals surface area contributed by atoms with Gasteiger partial charge in [0.05, 0.1) is 5.69 Å². The molecule has 1 fully saturated rings. The van der Waals surface area contributed by atoms with E-state index in [-0.39, 0.29) is 0 Å². The van der Waals surface area contributed by atoms with Crippen molar-refractivity contribution in [2.45, 2.75) is 52.5 Å². The molecule has 0 bridgehead atoms. The van der Waals surface area contributed by atoms with Crippen molar-refractivity contribution in [2.75, 3.05) is 24.5 Å². The van der Waals surface area contributed by atoms with Crippen LogP contribution in [0.1, 0.15) is 50.3 Å². The molecule has 0 unspecified atom stereocenters. The number of hydrogen-bond acceptors (Lipinski definition) is 3. The van der Waals surface area contributed by atoms with Crippen molar-refractivity contribution in [1.29, 1.82) is 0 Å². The fourth-order valence-corrected chi connectivity index (χ4v) is 2.96. The second kappa shape index (κ2) is 6.94. The van der Waals surface area contributed by atoms with Gasteiger partial charge in [0.15, 0.2) is 0 Å². The molecular weight excluding hydrogens is 236 g/mol. The van der Waals surface area contributed by atoms with Gasteiger partial charge in [-0.15, -0.1) is 0 Å². The Hall–Kier alpha value is -1.03. The second-order valence-corrected chi connectivity index (χ2v) is 5.59. The van der Waals surface area contributed by atoms with Crippen LogP contribution in [-0.4, -0.2) is 29.4 Å². The Morgan fingerprint density at radius 1 is 1.16 bits per heavy atom. The minimum atomic E-state index is 0.944. The second-order valence-electron chi connectivity index (χ2n) is 5.59. The maximum atomic E-state index is 4.63. The molecular formula is C15H28N4. The number of hydrogen-bond donors (Lipinski definition) is 1. The van der Waals surface area contributed by atoms with Gasteiger partial charge in [-0.1, -0.05) is 19.8 Å². The van der Waals surface area contributed by atoms with E-state index >= 15 is 0 Å². The highest BCUT2D eigenvalue weighted by molar-refractivity contribution is 5.50. The van der Waals surface area contributed by atoms with Crippen molar-refractivity contribution in [2.24, 2.45) is 7.05 Å². The number of aryl methyl sites for hydroxylation is 2. The summed E-state index contributed by atoms with van der Waals surface area (Å²) in [5.74, 6) is 1.34. The molecule has 1 aromatic rings. The fourth-order valence-electron chi connectivity index (χ4n) is 2.96. The van der Waals surface area contributed by atoms with Gasteiger partial charge in [-0.25, -0.2) is 0 Å². The quantitative estimate of drug-likeness (QED) is 0.830. The summed E-state index contributed by atoms with van der Waals surface area (Å²) < 4.78 is 2.07. The summed E-state index contributed by atoms with van der Waals surface area (Å²) in [6.45, 7) is 8.72. The number of anilines is 1. The first-order chi connectivity index (χ1) is 9.24. The highest BCUT2D eigenvalue weighted by atomic mass is 15.4. The minimum Gasteiger partial charge on any atom is -0.357 e. The van der Waals surface area contributed by atoms with Crippen LogP contribution in [0.2, 0.25) is 0 Å². The van der Waals surface area contributed by atoms with Crippen molar-refractivity contribution < 1.29 is 0 Å². The summed E-state index contributed by atoms with van der Waals surface area (Å²) in [6, 6.07) is 0. The molecule has 1 N–H and O–H groups in total. The van der Waals surface area contributed by atoms with E-state index in [0.29, 0.717) is 0 Å². The van der Waals surface area contributed by atoms with Gasteiger partial charge in [-0.2, -0.15) is 5.10 Å². The summed E-state index contributed by atoms with van der Waals surface area (Å²) in [5, 5.41) is 8.15. The van der Waals surface area contributed by atoms with E-state index in [1.54, 1.807) is 0 Å². The van der Waals surface area contributed by atoms with Crippen LogP contribution >= 0.6 is 0 Å². The number of nitrogens with one attached hydrogen (secondary N) is 1. The van der Waals surface area contributed by atoms with Crippen LogP contribution < -0.4 is 10.2 Å². The smallest absolute Gasteiger partial charge is 0.131 e. The normalized spacial score (nSPS) is 16.7. The molecule has 2 heterocycles. The van der Waals surface area contributed by atoms with E-state index < -0.39 is 0 Å². The maximum Gasteiger partial charge on any atom is 0.131 e. The van der Waals surface area contributed by atoms with Crippen molar-refractivity contribution in [3.8, 4) is 0 Å². The lowest BCUT2D eigenvalue weighted by molar-refractivity contribution is 0.663. The summed E-state index contributed by atoms with van der Waals surface area (Å²) in [6.07, 6.45) is 6.55. The Morgan fingerprint density at radius 2 is 1.84 bits per heavy atom. The summed E-state index contributed by atoms with van der Waals surface area (Å²) in [7, 11) is 2.08. The van der Waals surface area contributed by atoms with E-state index in [9.17, 15) is 0 Å². The molecule has 2 rings (SSSR count). The molecule has 1 aliphatic rings. The molecule has 19 heavy (non-hydrogen) atoms. The third-order valence-corrected chi connectivity index (χ3v) is 3.95. The summed E-state index contributed by atoms with van der Waals surface area (Å²) in [5.41, 5.74) is 2.56. The van der Waals surface area contributed by atoms with Crippen molar-refractivity contribution in [3.05, 3.63) is 11.3 Å². The topological polar surface area (TPSA) is 33.1 Å². The summed E-state index contributed by atoms with van der Waals surface area (Å²) >= 11 is 0. The van der Waals surface area contributed by atoms with Crippen LogP contribution in [0.4, 0.5) is 5.82 Å². The van der Waals surface area contributed by atoms with Crippen LogP contribution in [0, 0.1) is 6.92 Å². The zero-order valence-electron chi connectivity index (χ0n) is 12.7. The average molecular weight is 264 g/mol. The number of aromatic nitrogens is 2. The average Bonchev–Trinajstić information content (AvgIpc) is 2.61. The van der Waals surface area contributed by atoms with E-state index in [1.807, 2.05) is 0 Å². The largest absolute Gasteiger partial charge is 0.357 e. The zero-order chi connectivity index (χ0) is 13.7. The molecule has 108 valence electrons. The van der Waals surface area contributed by atoms with E-state index in [2.05, 4.69) is 40.9 Å².